The van der Waals surface area contributed by atoms with Crippen molar-refractivity contribution in [3.05, 3.63) is 30.3 Å². The van der Waals surface area contributed by atoms with Gasteiger partial charge in [-0.25, -0.2) is 0 Å². The highest BCUT2D eigenvalue weighted by Crippen LogP contribution is 2.19. The first-order valence-electron chi connectivity index (χ1n) is 5.89. The van der Waals surface area contributed by atoms with E-state index >= 15 is 0 Å². The van der Waals surface area contributed by atoms with Gasteiger partial charge in [-0.3, -0.25) is 0 Å². The molecule has 1 unspecified atom stereocenters. The van der Waals surface area contributed by atoms with E-state index in [0.29, 0.717) is 5.38 Å². The molecule has 0 radical (unpaired) electrons. The van der Waals surface area contributed by atoms with E-state index in [-0.39, 0.29) is 0 Å². The van der Waals surface area contributed by atoms with Crippen molar-refractivity contribution in [2.45, 2.75) is 23.1 Å². The number of rotatable bonds is 4. The summed E-state index contributed by atoms with van der Waals surface area (Å²) in [6, 6.07) is 10.6. The summed E-state index contributed by atoms with van der Waals surface area (Å²) in [5.41, 5.74) is 0. The molecule has 1 saturated heterocycles. The molecule has 1 atom stereocenters. The minimum Gasteiger partial charge on any atom is -0.301 e. The number of nitrogens with zero attached hydrogens (tertiary/aromatic N) is 1. The average molecular weight is 256 g/mol. The fraction of sp³-hybridized carbons (Fsp3) is 0.538. The molecule has 0 aliphatic carbocycles. The zero-order valence-corrected chi connectivity index (χ0v) is 11.0. The second-order valence-corrected chi connectivity index (χ2v) is 5.99. The van der Waals surface area contributed by atoms with Gasteiger partial charge < -0.3 is 4.90 Å². The molecular weight excluding hydrogens is 238 g/mol. The van der Waals surface area contributed by atoms with Crippen LogP contribution in [0.2, 0.25) is 0 Å². The van der Waals surface area contributed by atoms with E-state index in [1.165, 1.54) is 24.3 Å². The average Bonchev–Trinajstić information content (AvgIpc) is 2.30. The van der Waals surface area contributed by atoms with Crippen LogP contribution in [0, 0.1) is 0 Å². The second kappa shape index (κ2) is 6.53. The fourth-order valence-electron chi connectivity index (χ4n) is 2.01. The summed E-state index contributed by atoms with van der Waals surface area (Å²) in [6.45, 7) is 3.44. The van der Waals surface area contributed by atoms with E-state index < -0.39 is 0 Å². The lowest BCUT2D eigenvalue weighted by Gasteiger charge is -2.29. The van der Waals surface area contributed by atoms with E-state index in [1.807, 2.05) is 11.8 Å². The van der Waals surface area contributed by atoms with Gasteiger partial charge >= 0.3 is 0 Å². The number of halogens is 1. The largest absolute Gasteiger partial charge is 0.301 e. The molecule has 1 aromatic rings. The molecule has 3 heteroatoms. The van der Waals surface area contributed by atoms with Crippen LogP contribution >= 0.6 is 23.4 Å². The minimum absolute atomic E-state index is 0.371. The molecule has 0 amide bonds. The molecule has 0 N–H and O–H groups in total. The number of hydrogen-bond donors (Lipinski definition) is 0. The first kappa shape index (κ1) is 12.3. The van der Waals surface area contributed by atoms with Gasteiger partial charge in [-0.05, 0) is 31.5 Å². The van der Waals surface area contributed by atoms with Crippen molar-refractivity contribution in [1.29, 1.82) is 0 Å². The van der Waals surface area contributed by atoms with Crippen molar-refractivity contribution in [3.63, 3.8) is 0 Å². The number of thioether (sulfide) groups is 1. The van der Waals surface area contributed by atoms with Crippen LogP contribution in [0.4, 0.5) is 0 Å². The fourth-order valence-corrected chi connectivity index (χ4v) is 3.30. The standard InChI is InChI=1S/C13H18ClNS/c14-12-5-4-8-15(11-12)9-10-16-13-6-2-1-3-7-13/h1-3,6-7,12H,4-5,8-11H2. The molecule has 0 bridgehead atoms. The number of hydrogen-bond acceptors (Lipinski definition) is 2. The zero-order valence-electron chi connectivity index (χ0n) is 9.44. The smallest absolute Gasteiger partial charge is 0.0463 e. The van der Waals surface area contributed by atoms with Crippen LogP contribution in [-0.2, 0) is 0 Å². The van der Waals surface area contributed by atoms with Gasteiger partial charge in [0, 0.05) is 29.1 Å². The van der Waals surface area contributed by atoms with Crippen LogP contribution in [-0.4, -0.2) is 35.7 Å². The van der Waals surface area contributed by atoms with E-state index in [4.69, 9.17) is 11.6 Å². The summed E-state index contributed by atoms with van der Waals surface area (Å²) in [4.78, 5) is 3.85. The highest BCUT2D eigenvalue weighted by atomic mass is 35.5. The lowest BCUT2D eigenvalue weighted by atomic mass is 10.1. The van der Waals surface area contributed by atoms with Gasteiger partial charge in [0.2, 0.25) is 0 Å². The van der Waals surface area contributed by atoms with Gasteiger partial charge in [0.05, 0.1) is 0 Å². The van der Waals surface area contributed by atoms with Crippen molar-refractivity contribution in [2.75, 3.05) is 25.4 Å². The van der Waals surface area contributed by atoms with Crippen LogP contribution in [0.1, 0.15) is 12.8 Å². The lowest BCUT2D eigenvalue weighted by molar-refractivity contribution is 0.245. The second-order valence-electron chi connectivity index (χ2n) is 4.20. The predicted octanol–water partition coefficient (Wildman–Crippen LogP) is 3.48. The van der Waals surface area contributed by atoms with Crippen molar-refractivity contribution in [1.82, 2.24) is 4.90 Å². The molecule has 0 saturated carbocycles. The van der Waals surface area contributed by atoms with Gasteiger partial charge in [-0.15, -0.1) is 23.4 Å². The normalized spacial score (nSPS) is 22.2. The lowest BCUT2D eigenvalue weighted by Crippen LogP contribution is -2.37. The van der Waals surface area contributed by atoms with E-state index in [0.717, 1.165) is 18.8 Å². The zero-order chi connectivity index (χ0) is 11.2. The van der Waals surface area contributed by atoms with Gasteiger partial charge in [0.1, 0.15) is 0 Å². The SMILES string of the molecule is ClC1CCCN(CCSc2ccccc2)C1. The van der Waals surface area contributed by atoms with Crippen molar-refractivity contribution < 1.29 is 0 Å². The summed E-state index contributed by atoms with van der Waals surface area (Å²) in [7, 11) is 0. The third-order valence-electron chi connectivity index (χ3n) is 2.87. The molecule has 1 heterocycles. The van der Waals surface area contributed by atoms with Gasteiger partial charge in [-0.2, -0.15) is 0 Å². The third kappa shape index (κ3) is 4.00. The van der Waals surface area contributed by atoms with Crippen molar-refractivity contribution in [3.8, 4) is 0 Å². The van der Waals surface area contributed by atoms with Gasteiger partial charge in [0.15, 0.2) is 0 Å². The summed E-state index contributed by atoms with van der Waals surface area (Å²) in [5.74, 6) is 1.16. The van der Waals surface area contributed by atoms with E-state index in [1.54, 1.807) is 0 Å². The first-order chi connectivity index (χ1) is 7.84. The maximum atomic E-state index is 6.16. The Morgan fingerprint density at radius 2 is 2.12 bits per heavy atom. The maximum Gasteiger partial charge on any atom is 0.0463 e. The maximum absolute atomic E-state index is 6.16. The molecule has 0 spiro atoms. The molecule has 16 heavy (non-hydrogen) atoms. The molecule has 88 valence electrons. The number of piperidine rings is 1. The summed E-state index contributed by atoms with van der Waals surface area (Å²) in [5, 5.41) is 0.371. The van der Waals surface area contributed by atoms with Crippen LogP contribution < -0.4 is 0 Å². The van der Waals surface area contributed by atoms with Crippen LogP contribution in [0.3, 0.4) is 0 Å². The molecular formula is C13H18ClNS. The molecule has 2 rings (SSSR count). The minimum atomic E-state index is 0.371. The Labute approximate surface area is 107 Å². The molecule has 1 aliphatic heterocycles. The Morgan fingerprint density at radius 1 is 1.31 bits per heavy atom. The summed E-state index contributed by atoms with van der Waals surface area (Å²) < 4.78 is 0. The topological polar surface area (TPSA) is 3.24 Å². The van der Waals surface area contributed by atoms with Gasteiger partial charge in [0.25, 0.3) is 0 Å². The summed E-state index contributed by atoms with van der Waals surface area (Å²) in [6.07, 6.45) is 2.44. The molecule has 1 aliphatic rings. The highest BCUT2D eigenvalue weighted by Gasteiger charge is 2.16. The van der Waals surface area contributed by atoms with Crippen LogP contribution in [0.5, 0.6) is 0 Å². The number of likely N-dealkylation sites (tertiary alicyclic amines) is 1. The summed E-state index contributed by atoms with van der Waals surface area (Å²) >= 11 is 8.09. The Bertz CT molecular complexity index is 304. The Balaban J connectivity index is 1.68. The van der Waals surface area contributed by atoms with Crippen LogP contribution in [0.25, 0.3) is 0 Å². The molecule has 1 fully saturated rings. The number of benzene rings is 1. The Morgan fingerprint density at radius 3 is 2.88 bits per heavy atom. The highest BCUT2D eigenvalue weighted by molar-refractivity contribution is 7.99. The predicted molar refractivity (Wildman–Crippen MR) is 72.5 cm³/mol. The van der Waals surface area contributed by atoms with Gasteiger partial charge in [-0.1, -0.05) is 18.2 Å². The number of alkyl halides is 1. The Hall–Kier alpha value is -0.180. The monoisotopic (exact) mass is 255 g/mol. The molecule has 0 aromatic heterocycles. The first-order valence-corrected chi connectivity index (χ1v) is 7.31. The van der Waals surface area contributed by atoms with Crippen molar-refractivity contribution in [2.24, 2.45) is 0 Å². The molecule has 1 aromatic carbocycles. The Kier molecular flexibility index (Phi) is 5.01. The molecule has 1 nitrogen and oxygen atoms in total. The quantitative estimate of drug-likeness (QED) is 0.599. The van der Waals surface area contributed by atoms with Crippen LogP contribution in [0.15, 0.2) is 35.2 Å². The van der Waals surface area contributed by atoms with E-state index in [9.17, 15) is 0 Å². The van der Waals surface area contributed by atoms with E-state index in [2.05, 4.69) is 35.2 Å². The third-order valence-corrected chi connectivity index (χ3v) is 4.22. The van der Waals surface area contributed by atoms with Crippen molar-refractivity contribution >= 4 is 23.4 Å².